The van der Waals surface area contributed by atoms with Gasteiger partial charge in [-0.2, -0.15) is 0 Å². The number of likely N-dealkylation sites (tertiary alicyclic amines) is 1. The molecule has 11 nitrogen and oxygen atoms in total. The highest BCUT2D eigenvalue weighted by molar-refractivity contribution is 5.95. The molecule has 11 heteroatoms. The van der Waals surface area contributed by atoms with Gasteiger partial charge in [-0.25, -0.2) is 0 Å². The number of ketones is 1. The van der Waals surface area contributed by atoms with Crippen molar-refractivity contribution in [3.63, 3.8) is 0 Å². The average molecular weight is 499 g/mol. The average Bonchev–Trinajstić information content (AvgIpc) is 3.26. The Balaban J connectivity index is 3.01. The second-order valence-corrected chi connectivity index (χ2v) is 9.66. The maximum atomic E-state index is 13.3. The van der Waals surface area contributed by atoms with Crippen molar-refractivity contribution >= 4 is 29.5 Å². The van der Waals surface area contributed by atoms with E-state index in [0.29, 0.717) is 32.4 Å². The van der Waals surface area contributed by atoms with Gasteiger partial charge < -0.3 is 31.1 Å². The molecular weight excluding hydrogens is 456 g/mol. The Morgan fingerprint density at radius 3 is 2.23 bits per heavy atom. The summed E-state index contributed by atoms with van der Waals surface area (Å²) in [7, 11) is 0. The number of carbonyl (C=O) groups excluding carboxylic acids is 4. The van der Waals surface area contributed by atoms with Gasteiger partial charge in [0, 0.05) is 13.0 Å². The van der Waals surface area contributed by atoms with E-state index in [1.54, 1.807) is 0 Å². The molecular formula is C24H42N4O7. The lowest BCUT2D eigenvalue weighted by atomic mass is 10.0. The molecule has 1 heterocycles. The van der Waals surface area contributed by atoms with Crippen LogP contribution in [-0.4, -0.2) is 87.9 Å². The fourth-order valence-electron chi connectivity index (χ4n) is 4.18. The minimum Gasteiger partial charge on any atom is -0.481 e. The Bertz CT molecular complexity index is 756. The van der Waals surface area contributed by atoms with Gasteiger partial charge in [0.15, 0.2) is 5.78 Å². The van der Waals surface area contributed by atoms with Gasteiger partial charge in [-0.3, -0.25) is 24.0 Å². The molecule has 0 saturated carbocycles. The van der Waals surface area contributed by atoms with Crippen LogP contribution in [0.25, 0.3) is 0 Å². The van der Waals surface area contributed by atoms with Gasteiger partial charge in [0.25, 0.3) is 0 Å². The molecule has 0 aliphatic carbocycles. The zero-order valence-corrected chi connectivity index (χ0v) is 21.5. The number of hydrogen-bond donors (Lipinski definition) is 5. The van der Waals surface area contributed by atoms with Crippen LogP contribution in [0.15, 0.2) is 0 Å². The van der Waals surface area contributed by atoms with Gasteiger partial charge in [-0.15, -0.1) is 0 Å². The Labute approximate surface area is 207 Å². The number of carboxylic acids is 1. The van der Waals surface area contributed by atoms with Gasteiger partial charge in [0.2, 0.25) is 17.7 Å². The lowest BCUT2D eigenvalue weighted by Crippen LogP contribution is -2.58. The molecule has 1 aliphatic heterocycles. The summed E-state index contributed by atoms with van der Waals surface area (Å²) >= 11 is 0. The summed E-state index contributed by atoms with van der Waals surface area (Å²) in [6.45, 7) is 9.70. The molecule has 2 unspecified atom stereocenters. The van der Waals surface area contributed by atoms with Crippen LogP contribution in [0.4, 0.5) is 0 Å². The number of carboxylic acid groups (broad SMARTS) is 1. The lowest BCUT2D eigenvalue weighted by molar-refractivity contribution is -0.141. The number of nitrogens with one attached hydrogen (secondary N) is 3. The molecule has 1 rings (SSSR count). The fourth-order valence-corrected chi connectivity index (χ4v) is 4.18. The quantitative estimate of drug-likeness (QED) is 0.214. The summed E-state index contributed by atoms with van der Waals surface area (Å²) in [4.78, 5) is 63.7. The summed E-state index contributed by atoms with van der Waals surface area (Å²) in [5.74, 6) is -2.82. The summed E-state index contributed by atoms with van der Waals surface area (Å²) < 4.78 is 0. The first-order valence-electron chi connectivity index (χ1n) is 12.4. The normalized spacial score (nSPS) is 19.1. The molecule has 1 fully saturated rings. The first-order chi connectivity index (χ1) is 16.4. The van der Waals surface area contributed by atoms with Gasteiger partial charge >= 0.3 is 5.97 Å². The highest BCUT2D eigenvalue weighted by atomic mass is 16.4. The molecule has 200 valence electrons. The molecule has 5 atom stereocenters. The number of carbonyl (C=O) groups is 5. The molecule has 0 aromatic heterocycles. The molecule has 1 aliphatic rings. The van der Waals surface area contributed by atoms with Crippen molar-refractivity contribution in [2.75, 3.05) is 13.1 Å². The van der Waals surface area contributed by atoms with Crippen molar-refractivity contribution < 1.29 is 34.2 Å². The zero-order valence-electron chi connectivity index (χ0n) is 21.5. The zero-order chi connectivity index (χ0) is 26.7. The van der Waals surface area contributed by atoms with Crippen LogP contribution in [0.5, 0.6) is 0 Å². The molecule has 0 bridgehead atoms. The minimum atomic E-state index is -1.23. The maximum Gasteiger partial charge on any atom is 0.303 e. The Morgan fingerprint density at radius 1 is 1.06 bits per heavy atom. The van der Waals surface area contributed by atoms with Crippen LogP contribution in [0, 0.1) is 5.92 Å². The van der Waals surface area contributed by atoms with Crippen molar-refractivity contribution in [2.45, 2.75) is 103 Å². The number of aliphatic hydroxyl groups is 1. The summed E-state index contributed by atoms with van der Waals surface area (Å²) in [5, 5.41) is 27.1. The first-order valence-corrected chi connectivity index (χ1v) is 12.4. The number of amides is 3. The largest absolute Gasteiger partial charge is 0.481 e. The van der Waals surface area contributed by atoms with Crippen LogP contribution in [0.1, 0.15) is 73.1 Å². The number of Topliss-reactive ketones (excluding diaryl/α,β-unsaturated/α-hetero) is 1. The van der Waals surface area contributed by atoms with E-state index in [-0.39, 0.29) is 24.7 Å². The maximum absolute atomic E-state index is 13.3. The van der Waals surface area contributed by atoms with E-state index in [1.807, 2.05) is 20.8 Å². The predicted octanol–water partition coefficient (Wildman–Crippen LogP) is 0.196. The van der Waals surface area contributed by atoms with Gasteiger partial charge in [-0.05, 0) is 58.4 Å². The summed E-state index contributed by atoms with van der Waals surface area (Å²) in [5.41, 5.74) is 0. The summed E-state index contributed by atoms with van der Waals surface area (Å²) in [6.07, 6.45) is 0.792. The lowest BCUT2D eigenvalue weighted by Gasteiger charge is -2.31. The van der Waals surface area contributed by atoms with E-state index < -0.39 is 53.8 Å². The van der Waals surface area contributed by atoms with Crippen LogP contribution < -0.4 is 16.0 Å². The fraction of sp³-hybridized carbons (Fsp3) is 0.792. The molecule has 35 heavy (non-hydrogen) atoms. The Morgan fingerprint density at radius 2 is 1.71 bits per heavy atom. The molecule has 1 saturated heterocycles. The third-order valence-corrected chi connectivity index (χ3v) is 5.98. The number of nitrogens with zero attached hydrogens (tertiary/aromatic N) is 1. The smallest absolute Gasteiger partial charge is 0.303 e. The second-order valence-electron chi connectivity index (χ2n) is 9.66. The van der Waals surface area contributed by atoms with E-state index in [2.05, 4.69) is 16.0 Å². The van der Waals surface area contributed by atoms with Crippen molar-refractivity contribution in [3.8, 4) is 0 Å². The van der Waals surface area contributed by atoms with Crippen molar-refractivity contribution in [1.29, 1.82) is 0 Å². The Hall–Kier alpha value is -2.53. The van der Waals surface area contributed by atoms with Crippen molar-refractivity contribution in [2.24, 2.45) is 5.92 Å². The molecule has 0 spiro atoms. The molecule has 5 N–H and O–H groups in total. The standard InChI is InChI=1S/C24H42N4O7/c1-6-11-25-18(13-14(2)3)24(35)28-12-7-8-19(28)23(34)26-17(9-10-20(31)32)22(33)27-21(15(4)29)16(5)30/h14-15,17-19,21,25,29H,6-13H2,1-5H3,(H,26,34)(H,27,33)(H,31,32)/t15?,17-,18-,19-,21?/m0/s1. The number of rotatable bonds is 15. The van der Waals surface area contributed by atoms with Crippen molar-refractivity contribution in [3.05, 3.63) is 0 Å². The Kier molecular flexibility index (Phi) is 12.9. The minimum absolute atomic E-state index is 0.165. The number of aliphatic carboxylic acids is 1. The van der Waals surface area contributed by atoms with E-state index in [4.69, 9.17) is 5.11 Å². The molecule has 0 aromatic carbocycles. The highest BCUT2D eigenvalue weighted by Gasteiger charge is 2.38. The number of aliphatic hydroxyl groups excluding tert-OH is 1. The number of hydrogen-bond acceptors (Lipinski definition) is 7. The molecule has 3 amide bonds. The van der Waals surface area contributed by atoms with Crippen LogP contribution >= 0.6 is 0 Å². The van der Waals surface area contributed by atoms with E-state index in [1.165, 1.54) is 18.7 Å². The third-order valence-electron chi connectivity index (χ3n) is 5.98. The van der Waals surface area contributed by atoms with Gasteiger partial charge in [-0.1, -0.05) is 20.8 Å². The van der Waals surface area contributed by atoms with Crippen LogP contribution in [-0.2, 0) is 24.0 Å². The SMILES string of the molecule is CCCN[C@@H](CC(C)C)C(=O)N1CCC[C@H]1C(=O)N[C@@H](CCC(=O)O)C(=O)NC(C(C)=O)C(C)O. The van der Waals surface area contributed by atoms with Gasteiger partial charge in [0.05, 0.1) is 12.1 Å². The van der Waals surface area contributed by atoms with E-state index in [9.17, 15) is 29.1 Å². The topological polar surface area (TPSA) is 165 Å². The van der Waals surface area contributed by atoms with E-state index in [0.717, 1.165) is 6.42 Å². The molecule has 0 aromatic rings. The van der Waals surface area contributed by atoms with E-state index >= 15 is 0 Å². The highest BCUT2D eigenvalue weighted by Crippen LogP contribution is 2.21. The third kappa shape index (κ3) is 9.93. The predicted molar refractivity (Wildman–Crippen MR) is 129 cm³/mol. The van der Waals surface area contributed by atoms with Crippen molar-refractivity contribution in [1.82, 2.24) is 20.9 Å². The second kappa shape index (κ2) is 14.8. The molecule has 0 radical (unpaired) electrons. The van der Waals surface area contributed by atoms with Gasteiger partial charge in [0.1, 0.15) is 18.1 Å². The van der Waals surface area contributed by atoms with Crippen LogP contribution in [0.3, 0.4) is 0 Å². The monoisotopic (exact) mass is 498 g/mol. The summed E-state index contributed by atoms with van der Waals surface area (Å²) in [6, 6.07) is -3.61. The first kappa shape index (κ1) is 30.5. The van der Waals surface area contributed by atoms with Crippen LogP contribution in [0.2, 0.25) is 0 Å².